The number of benzene rings is 3. The van der Waals surface area contributed by atoms with Crippen LogP contribution in [-0.2, 0) is 17.4 Å². The summed E-state index contributed by atoms with van der Waals surface area (Å²) in [5.74, 6) is -0.877. The number of rotatable bonds is 7. The molecule has 1 fully saturated rings. The number of halogens is 3. The van der Waals surface area contributed by atoms with Crippen molar-refractivity contribution in [1.82, 2.24) is 9.88 Å². The first kappa shape index (κ1) is 25.0. The third-order valence-corrected chi connectivity index (χ3v) is 6.90. The lowest BCUT2D eigenvalue weighted by molar-refractivity contribution is -0.143. The monoisotopic (exact) mass is 508 g/mol. The number of aryl methyl sites for hydroxylation is 1. The summed E-state index contributed by atoms with van der Waals surface area (Å²) in [5, 5.41) is 9.27. The number of piperidine rings is 1. The van der Waals surface area contributed by atoms with Crippen LogP contribution in [0, 0.1) is 5.92 Å². The highest BCUT2D eigenvalue weighted by Gasteiger charge is 2.34. The van der Waals surface area contributed by atoms with Gasteiger partial charge in [0.1, 0.15) is 5.52 Å². The summed E-state index contributed by atoms with van der Waals surface area (Å²) in [4.78, 5) is 18.0. The summed E-state index contributed by atoms with van der Waals surface area (Å²) in [6.07, 6.45) is -1.24. The number of nitrogens with zero attached hydrogens (tertiary/aromatic N) is 2. The normalized spacial score (nSPS) is 16.8. The minimum absolute atomic E-state index is 0.110. The summed E-state index contributed by atoms with van der Waals surface area (Å²) < 4.78 is 47.6. The third kappa shape index (κ3) is 5.69. The van der Waals surface area contributed by atoms with Gasteiger partial charge in [0.25, 0.3) is 0 Å². The minimum Gasteiger partial charge on any atom is -0.481 e. The lowest BCUT2D eigenvalue weighted by Gasteiger charge is -2.30. The van der Waals surface area contributed by atoms with E-state index in [-0.39, 0.29) is 22.9 Å². The maximum Gasteiger partial charge on any atom is 0.417 e. The molecule has 1 aliphatic rings. The molecule has 0 radical (unpaired) electrons. The summed E-state index contributed by atoms with van der Waals surface area (Å²) >= 11 is 0. The van der Waals surface area contributed by atoms with Gasteiger partial charge in [0.2, 0.25) is 5.89 Å². The molecule has 0 bridgehead atoms. The van der Waals surface area contributed by atoms with Crippen LogP contribution in [0.3, 0.4) is 0 Å². The van der Waals surface area contributed by atoms with Crippen molar-refractivity contribution in [3.63, 3.8) is 0 Å². The molecule has 5 nitrogen and oxygen atoms in total. The van der Waals surface area contributed by atoms with Crippen molar-refractivity contribution in [3.8, 4) is 22.6 Å². The highest BCUT2D eigenvalue weighted by atomic mass is 19.4. The number of aliphatic carboxylic acids is 1. The zero-order chi connectivity index (χ0) is 26.0. The van der Waals surface area contributed by atoms with Crippen molar-refractivity contribution in [2.24, 2.45) is 5.92 Å². The van der Waals surface area contributed by atoms with Crippen LogP contribution in [0.1, 0.15) is 30.4 Å². The first-order valence-electron chi connectivity index (χ1n) is 12.4. The van der Waals surface area contributed by atoms with Gasteiger partial charge in [0.15, 0.2) is 5.58 Å². The molecule has 192 valence electrons. The standard InChI is InChI=1S/C29H27F3N2O3/c30-29(31,32)24-17-21(11-12-23(24)20-7-2-1-3-8-20)27-33-25-16-19(10-13-26(25)37-27)6-4-14-34-15-5-9-22(18-34)28(35)36/h1-3,7-8,10-13,16-17,22H,4-6,9,14-15,18H2,(H,35,36). The average molecular weight is 509 g/mol. The second kappa shape index (κ2) is 10.4. The second-order valence-electron chi connectivity index (χ2n) is 9.53. The molecule has 0 aliphatic carbocycles. The fraction of sp³-hybridized carbons (Fsp3) is 0.310. The largest absolute Gasteiger partial charge is 0.481 e. The number of hydrogen-bond acceptors (Lipinski definition) is 4. The third-order valence-electron chi connectivity index (χ3n) is 6.90. The fourth-order valence-corrected chi connectivity index (χ4v) is 5.00. The number of carboxylic acid groups (broad SMARTS) is 1. The Bertz CT molecular complexity index is 1400. The number of alkyl halides is 3. The molecule has 8 heteroatoms. The number of likely N-dealkylation sites (tertiary alicyclic amines) is 1. The molecule has 1 unspecified atom stereocenters. The zero-order valence-electron chi connectivity index (χ0n) is 20.2. The Kier molecular flexibility index (Phi) is 7.02. The number of carbonyl (C=O) groups is 1. The van der Waals surface area contributed by atoms with Gasteiger partial charge in [-0.3, -0.25) is 4.79 Å². The van der Waals surface area contributed by atoms with E-state index in [1.165, 1.54) is 6.07 Å². The Labute approximate surface area is 212 Å². The van der Waals surface area contributed by atoms with Gasteiger partial charge in [-0.25, -0.2) is 4.98 Å². The van der Waals surface area contributed by atoms with E-state index < -0.39 is 17.7 Å². The Balaban J connectivity index is 1.32. The molecular weight excluding hydrogens is 481 g/mol. The second-order valence-corrected chi connectivity index (χ2v) is 9.53. The van der Waals surface area contributed by atoms with Crippen LogP contribution in [0.15, 0.2) is 71.1 Å². The number of oxazole rings is 1. The van der Waals surface area contributed by atoms with Gasteiger partial charge < -0.3 is 14.4 Å². The topological polar surface area (TPSA) is 66.6 Å². The SMILES string of the molecule is O=C(O)C1CCCN(CCCc2ccc3oc(-c4ccc(-c5ccccc5)c(C(F)(F)F)c4)nc3c2)C1. The number of hydrogen-bond donors (Lipinski definition) is 1. The molecule has 3 aromatic carbocycles. The average Bonchev–Trinajstić information content (AvgIpc) is 3.32. The van der Waals surface area contributed by atoms with Crippen LogP contribution in [0.4, 0.5) is 13.2 Å². The Morgan fingerprint density at radius 3 is 2.62 bits per heavy atom. The molecule has 2 heterocycles. The quantitative estimate of drug-likeness (QED) is 0.294. The lowest BCUT2D eigenvalue weighted by atomic mass is 9.97. The van der Waals surface area contributed by atoms with Crippen molar-refractivity contribution in [3.05, 3.63) is 77.9 Å². The molecule has 1 atom stereocenters. The molecule has 4 aromatic rings. The molecule has 1 N–H and O–H groups in total. The van der Waals surface area contributed by atoms with Gasteiger partial charge in [-0.2, -0.15) is 13.2 Å². The molecule has 0 saturated carbocycles. The smallest absolute Gasteiger partial charge is 0.417 e. The van der Waals surface area contributed by atoms with Crippen molar-refractivity contribution in [2.75, 3.05) is 19.6 Å². The lowest BCUT2D eigenvalue weighted by Crippen LogP contribution is -2.39. The van der Waals surface area contributed by atoms with Crippen LogP contribution < -0.4 is 0 Å². The van der Waals surface area contributed by atoms with Crippen LogP contribution in [-0.4, -0.2) is 40.6 Å². The van der Waals surface area contributed by atoms with Gasteiger partial charge in [0, 0.05) is 12.1 Å². The van der Waals surface area contributed by atoms with Gasteiger partial charge in [-0.05, 0) is 79.7 Å². The molecule has 37 heavy (non-hydrogen) atoms. The number of fused-ring (bicyclic) bond motifs is 1. The van der Waals surface area contributed by atoms with Crippen molar-refractivity contribution < 1.29 is 27.5 Å². The van der Waals surface area contributed by atoms with E-state index in [9.17, 15) is 23.1 Å². The highest BCUT2D eigenvalue weighted by molar-refractivity contribution is 5.78. The molecule has 1 aromatic heterocycles. The van der Waals surface area contributed by atoms with Crippen LogP contribution in [0.2, 0.25) is 0 Å². The minimum atomic E-state index is -4.53. The maximum absolute atomic E-state index is 13.9. The summed E-state index contributed by atoms with van der Waals surface area (Å²) in [6, 6.07) is 18.3. The summed E-state index contributed by atoms with van der Waals surface area (Å²) in [7, 11) is 0. The van der Waals surface area contributed by atoms with E-state index in [0.29, 0.717) is 23.2 Å². The predicted molar refractivity (Wildman–Crippen MR) is 135 cm³/mol. The van der Waals surface area contributed by atoms with Crippen LogP contribution in [0.25, 0.3) is 33.7 Å². The first-order valence-corrected chi connectivity index (χ1v) is 12.4. The van der Waals surface area contributed by atoms with Gasteiger partial charge in [-0.1, -0.05) is 42.5 Å². The summed E-state index contributed by atoms with van der Waals surface area (Å²) in [5.41, 5.74) is 2.29. The Hall–Kier alpha value is -3.65. The van der Waals surface area contributed by atoms with E-state index in [1.54, 1.807) is 42.5 Å². The van der Waals surface area contributed by atoms with Gasteiger partial charge >= 0.3 is 12.1 Å². The van der Waals surface area contributed by atoms with E-state index in [1.807, 2.05) is 12.1 Å². The summed E-state index contributed by atoms with van der Waals surface area (Å²) in [6.45, 7) is 2.32. The Morgan fingerprint density at radius 2 is 1.86 bits per heavy atom. The number of aromatic nitrogens is 1. The molecule has 0 amide bonds. The van der Waals surface area contributed by atoms with E-state index in [0.717, 1.165) is 50.4 Å². The molecule has 5 rings (SSSR count). The molecule has 1 saturated heterocycles. The zero-order valence-corrected chi connectivity index (χ0v) is 20.2. The van der Waals surface area contributed by atoms with E-state index in [4.69, 9.17) is 4.42 Å². The number of carboxylic acids is 1. The maximum atomic E-state index is 13.9. The molecular formula is C29H27F3N2O3. The molecule has 1 aliphatic heterocycles. The predicted octanol–water partition coefficient (Wildman–Crippen LogP) is 6.91. The van der Waals surface area contributed by atoms with E-state index >= 15 is 0 Å². The first-order chi connectivity index (χ1) is 17.8. The van der Waals surface area contributed by atoms with Crippen LogP contribution in [0.5, 0.6) is 0 Å². The van der Waals surface area contributed by atoms with Crippen molar-refractivity contribution >= 4 is 17.1 Å². The van der Waals surface area contributed by atoms with Crippen molar-refractivity contribution in [1.29, 1.82) is 0 Å². The van der Waals surface area contributed by atoms with E-state index in [2.05, 4.69) is 9.88 Å². The molecule has 0 spiro atoms. The highest BCUT2D eigenvalue weighted by Crippen LogP contribution is 2.39. The van der Waals surface area contributed by atoms with Gasteiger partial charge in [-0.15, -0.1) is 0 Å². The fourth-order valence-electron chi connectivity index (χ4n) is 5.00. The van der Waals surface area contributed by atoms with Crippen LogP contribution >= 0.6 is 0 Å². The van der Waals surface area contributed by atoms with Crippen molar-refractivity contribution in [2.45, 2.75) is 31.9 Å². The van der Waals surface area contributed by atoms with Gasteiger partial charge in [0.05, 0.1) is 11.5 Å². The Morgan fingerprint density at radius 1 is 1.05 bits per heavy atom.